The van der Waals surface area contributed by atoms with E-state index in [-0.39, 0.29) is 48.2 Å². The maximum Gasteiger partial charge on any atom is 0.434 e. The van der Waals surface area contributed by atoms with E-state index < -0.39 is 36.2 Å². The fourth-order valence-electron chi connectivity index (χ4n) is 4.45. The Labute approximate surface area is 234 Å². The number of hydrogen-bond donors (Lipinski definition) is 1. The molecule has 3 heterocycles. The molecule has 1 amide bonds. The van der Waals surface area contributed by atoms with Crippen LogP contribution in [0.5, 0.6) is 5.75 Å². The normalized spacial score (nSPS) is 16.5. The number of halogens is 7. The van der Waals surface area contributed by atoms with Gasteiger partial charge in [0.1, 0.15) is 0 Å². The Bertz CT molecular complexity index is 1350. The second-order valence-corrected chi connectivity index (χ2v) is 10.6. The van der Waals surface area contributed by atoms with Gasteiger partial charge in [0.2, 0.25) is 0 Å². The molecule has 15 heteroatoms. The van der Waals surface area contributed by atoms with Gasteiger partial charge in [-0.15, -0.1) is 0 Å². The number of aromatic nitrogens is 3. The number of benzene rings is 1. The van der Waals surface area contributed by atoms with Crippen molar-refractivity contribution in [3.05, 3.63) is 63.9 Å². The molecule has 1 saturated heterocycles. The first-order valence-corrected chi connectivity index (χ1v) is 13.4. The molecule has 1 aliphatic heterocycles. The van der Waals surface area contributed by atoms with Crippen molar-refractivity contribution in [2.45, 2.75) is 45.0 Å². The van der Waals surface area contributed by atoms with Gasteiger partial charge in [0, 0.05) is 48.3 Å². The second-order valence-electron chi connectivity index (χ2n) is 9.72. The number of anilines is 1. The number of piperidine rings is 1. The number of nitrogens with one attached hydrogen (secondary N) is 1. The number of rotatable bonds is 9. The van der Waals surface area contributed by atoms with Crippen LogP contribution < -0.4 is 10.1 Å². The van der Waals surface area contributed by atoms with Gasteiger partial charge in [-0.1, -0.05) is 0 Å². The number of ether oxygens (including phenoxy) is 1. The fraction of sp³-hybridized carbons (Fsp3) is 0.462. The standard InChI is InChI=1S/C26H26F7N5O2S/c1-15-23(21(41-37-15)10-18-11-35-22(12-34-18)26(31,32)33)24(39)36-17-4-5-19(27)20(9-17)40-14-16-3-2-7-38(13-16)8-6-25(28,29)30/h4-5,9,11-12,16H,2-3,6-8,10,13-14H2,1H3,(H,36,39)/t16-/m1/s1. The molecule has 0 aliphatic carbocycles. The van der Waals surface area contributed by atoms with Gasteiger partial charge in [0.05, 0.1) is 36.2 Å². The highest BCUT2D eigenvalue weighted by molar-refractivity contribution is 7.06. The Morgan fingerprint density at radius 2 is 1.95 bits per heavy atom. The average molecular weight is 606 g/mol. The van der Waals surface area contributed by atoms with Gasteiger partial charge in [-0.25, -0.2) is 9.37 Å². The Hall–Kier alpha value is -3.33. The topological polar surface area (TPSA) is 80.2 Å². The summed E-state index contributed by atoms with van der Waals surface area (Å²) in [6.45, 7) is 2.58. The van der Waals surface area contributed by atoms with Gasteiger partial charge in [0.25, 0.3) is 5.91 Å². The summed E-state index contributed by atoms with van der Waals surface area (Å²) in [5.41, 5.74) is -0.0742. The smallest absolute Gasteiger partial charge is 0.434 e. The summed E-state index contributed by atoms with van der Waals surface area (Å²) in [4.78, 5) is 22.5. The molecule has 1 aliphatic rings. The number of alkyl halides is 6. The zero-order chi connectivity index (χ0) is 29.8. The number of carbonyl (C=O) groups excluding carboxylic acids is 1. The highest BCUT2D eigenvalue weighted by atomic mass is 32.1. The zero-order valence-electron chi connectivity index (χ0n) is 21.8. The molecular weight excluding hydrogens is 579 g/mol. The third kappa shape index (κ3) is 8.58. The van der Waals surface area contributed by atoms with Crippen molar-refractivity contribution in [3.63, 3.8) is 0 Å². The SMILES string of the molecule is Cc1nsc(Cc2cnc(C(F)(F)F)cn2)c1C(=O)Nc1ccc(F)c(OC[C@@H]2CCCN(CCC(F)(F)F)C2)c1. The van der Waals surface area contributed by atoms with Gasteiger partial charge in [-0.05, 0) is 50.0 Å². The Kier molecular flexibility index (Phi) is 9.47. The quantitative estimate of drug-likeness (QED) is 0.289. The first kappa shape index (κ1) is 30.6. The van der Waals surface area contributed by atoms with Crippen LogP contribution in [0, 0.1) is 18.7 Å². The molecule has 0 radical (unpaired) electrons. The number of nitrogens with zero attached hydrogens (tertiary/aromatic N) is 4. The highest BCUT2D eigenvalue weighted by Crippen LogP contribution is 2.29. The summed E-state index contributed by atoms with van der Waals surface area (Å²) in [7, 11) is 0. The van der Waals surface area contributed by atoms with Crippen LogP contribution in [0.4, 0.5) is 36.4 Å². The summed E-state index contributed by atoms with van der Waals surface area (Å²) in [5, 5.41) is 2.67. The van der Waals surface area contributed by atoms with E-state index in [9.17, 15) is 35.5 Å². The monoisotopic (exact) mass is 605 g/mol. The molecule has 7 nitrogen and oxygen atoms in total. The zero-order valence-corrected chi connectivity index (χ0v) is 22.6. The maximum absolute atomic E-state index is 14.5. The van der Waals surface area contributed by atoms with Crippen molar-refractivity contribution >= 4 is 23.1 Å². The van der Waals surface area contributed by atoms with E-state index in [0.29, 0.717) is 36.3 Å². The van der Waals surface area contributed by atoms with Crippen LogP contribution in [0.2, 0.25) is 0 Å². The van der Waals surface area contributed by atoms with Crippen LogP contribution in [0.1, 0.15) is 51.6 Å². The molecule has 3 aromatic rings. The average Bonchev–Trinajstić information content (AvgIpc) is 3.27. The van der Waals surface area contributed by atoms with Gasteiger partial charge >= 0.3 is 12.4 Å². The first-order valence-electron chi connectivity index (χ1n) is 12.6. The Balaban J connectivity index is 1.38. The minimum atomic E-state index is -4.62. The van der Waals surface area contributed by atoms with Crippen molar-refractivity contribution in [3.8, 4) is 5.75 Å². The summed E-state index contributed by atoms with van der Waals surface area (Å²) in [6.07, 6.45) is -6.67. The van der Waals surface area contributed by atoms with E-state index in [1.54, 1.807) is 11.8 Å². The number of carbonyl (C=O) groups is 1. The summed E-state index contributed by atoms with van der Waals surface area (Å²) in [6, 6.07) is 3.78. The minimum Gasteiger partial charge on any atom is -0.490 e. The third-order valence-electron chi connectivity index (χ3n) is 6.48. The van der Waals surface area contributed by atoms with Gasteiger partial charge in [0.15, 0.2) is 17.3 Å². The van der Waals surface area contributed by atoms with Crippen LogP contribution >= 0.6 is 11.5 Å². The number of amides is 1. The number of hydrogen-bond acceptors (Lipinski definition) is 7. The largest absolute Gasteiger partial charge is 0.490 e. The minimum absolute atomic E-state index is 0.0263. The van der Waals surface area contributed by atoms with E-state index in [1.165, 1.54) is 12.1 Å². The fourth-order valence-corrected chi connectivity index (χ4v) is 5.34. The van der Waals surface area contributed by atoms with E-state index in [2.05, 4.69) is 19.7 Å². The lowest BCUT2D eigenvalue weighted by molar-refractivity contribution is -0.141. The summed E-state index contributed by atoms with van der Waals surface area (Å²) in [5.74, 6) is -1.42. The molecule has 0 saturated carbocycles. The molecule has 1 N–H and O–H groups in total. The van der Waals surface area contributed by atoms with Crippen LogP contribution in [0.25, 0.3) is 0 Å². The Morgan fingerprint density at radius 1 is 1.17 bits per heavy atom. The molecule has 4 rings (SSSR count). The van der Waals surface area contributed by atoms with E-state index in [4.69, 9.17) is 4.74 Å². The van der Waals surface area contributed by atoms with Crippen molar-refractivity contribution in [1.82, 2.24) is 19.2 Å². The molecule has 1 aromatic carbocycles. The van der Waals surface area contributed by atoms with Crippen molar-refractivity contribution < 1.29 is 40.3 Å². The van der Waals surface area contributed by atoms with Gasteiger partial charge in [-0.3, -0.25) is 9.78 Å². The second kappa shape index (κ2) is 12.7. The molecule has 1 atom stereocenters. The molecule has 41 heavy (non-hydrogen) atoms. The van der Waals surface area contributed by atoms with Crippen LogP contribution in [-0.4, -0.2) is 57.6 Å². The lowest BCUT2D eigenvalue weighted by atomic mass is 9.99. The molecule has 222 valence electrons. The third-order valence-corrected chi connectivity index (χ3v) is 7.41. The van der Waals surface area contributed by atoms with Crippen molar-refractivity contribution in [1.29, 1.82) is 0 Å². The highest BCUT2D eigenvalue weighted by Gasteiger charge is 2.33. The maximum atomic E-state index is 14.5. The number of likely N-dealkylation sites (tertiary alicyclic amines) is 1. The van der Waals surface area contributed by atoms with Crippen LogP contribution in [0.15, 0.2) is 30.6 Å². The molecule has 0 spiro atoms. The molecular formula is C26H26F7N5O2S. The predicted octanol–water partition coefficient (Wildman–Crippen LogP) is 6.29. The van der Waals surface area contributed by atoms with Gasteiger partial charge < -0.3 is 15.0 Å². The van der Waals surface area contributed by atoms with Gasteiger partial charge in [-0.2, -0.15) is 30.7 Å². The molecule has 2 aromatic heterocycles. The van der Waals surface area contributed by atoms with E-state index in [0.717, 1.165) is 30.2 Å². The van der Waals surface area contributed by atoms with Crippen LogP contribution in [0.3, 0.4) is 0 Å². The number of aryl methyl sites for hydroxylation is 1. The van der Waals surface area contributed by atoms with E-state index in [1.807, 2.05) is 0 Å². The summed E-state index contributed by atoms with van der Waals surface area (Å²) >= 11 is 1.00. The lowest BCUT2D eigenvalue weighted by Gasteiger charge is -2.32. The Morgan fingerprint density at radius 3 is 2.63 bits per heavy atom. The lowest BCUT2D eigenvalue weighted by Crippen LogP contribution is -2.39. The first-order chi connectivity index (χ1) is 19.3. The molecule has 0 bridgehead atoms. The van der Waals surface area contributed by atoms with Crippen molar-refractivity contribution in [2.24, 2.45) is 5.92 Å². The van der Waals surface area contributed by atoms with Crippen molar-refractivity contribution in [2.75, 3.05) is 31.6 Å². The molecule has 0 unspecified atom stereocenters. The molecule has 1 fully saturated rings. The predicted molar refractivity (Wildman–Crippen MR) is 136 cm³/mol. The van der Waals surface area contributed by atoms with E-state index >= 15 is 0 Å². The summed E-state index contributed by atoms with van der Waals surface area (Å²) < 4.78 is 100. The van der Waals surface area contributed by atoms with Crippen LogP contribution in [-0.2, 0) is 12.6 Å².